The average molecular weight is 302 g/mol. The molecule has 0 atom stereocenters. The summed E-state index contributed by atoms with van der Waals surface area (Å²) in [6, 6.07) is 8.11. The Morgan fingerprint density at radius 1 is 1.27 bits per heavy atom. The van der Waals surface area contributed by atoms with Crippen LogP contribution in [0.5, 0.6) is 0 Å². The Labute approximate surface area is 129 Å². The van der Waals surface area contributed by atoms with Gasteiger partial charge in [-0.1, -0.05) is 18.2 Å². The van der Waals surface area contributed by atoms with Crippen molar-refractivity contribution in [3.63, 3.8) is 0 Å². The number of nitrogens with zero attached hydrogens (tertiary/aromatic N) is 2. The van der Waals surface area contributed by atoms with Crippen LogP contribution in [-0.4, -0.2) is 21.9 Å². The molecule has 0 aliphatic rings. The Bertz CT molecular complexity index is 673. The second-order valence-corrected chi connectivity index (χ2v) is 5.26. The molecule has 0 aliphatic heterocycles. The minimum atomic E-state index is -0.361. The third-order valence-electron chi connectivity index (χ3n) is 2.90. The largest absolute Gasteiger partial charge is 0.368 e. The number of hydrogen-bond acceptors (Lipinski definition) is 4. The SMILES string of the molecule is Cc1nc(NC(C)C)cc(C(=O)NCc2ccccc2F)n1. The van der Waals surface area contributed by atoms with Gasteiger partial charge in [-0.15, -0.1) is 0 Å². The van der Waals surface area contributed by atoms with Crippen LogP contribution in [0.1, 0.15) is 35.7 Å². The predicted octanol–water partition coefficient (Wildman–Crippen LogP) is 2.67. The third kappa shape index (κ3) is 4.25. The number of carbonyl (C=O) groups is 1. The summed E-state index contributed by atoms with van der Waals surface area (Å²) in [5.41, 5.74) is 0.689. The fourth-order valence-corrected chi connectivity index (χ4v) is 1.96. The summed E-state index contributed by atoms with van der Waals surface area (Å²) in [6.07, 6.45) is 0. The number of halogens is 1. The van der Waals surface area contributed by atoms with Gasteiger partial charge in [0.2, 0.25) is 0 Å². The Morgan fingerprint density at radius 2 is 2.00 bits per heavy atom. The van der Waals surface area contributed by atoms with Crippen LogP contribution in [0.3, 0.4) is 0 Å². The summed E-state index contributed by atoms with van der Waals surface area (Å²) >= 11 is 0. The first kappa shape index (κ1) is 15.9. The number of hydrogen-bond donors (Lipinski definition) is 2. The number of aryl methyl sites for hydroxylation is 1. The normalized spacial score (nSPS) is 10.6. The average Bonchev–Trinajstić information content (AvgIpc) is 2.44. The molecule has 22 heavy (non-hydrogen) atoms. The summed E-state index contributed by atoms with van der Waals surface area (Å²) in [6.45, 7) is 5.80. The summed E-state index contributed by atoms with van der Waals surface area (Å²) in [5, 5.41) is 5.80. The van der Waals surface area contributed by atoms with Crippen molar-refractivity contribution < 1.29 is 9.18 Å². The van der Waals surface area contributed by atoms with E-state index in [4.69, 9.17) is 0 Å². The lowest BCUT2D eigenvalue weighted by Crippen LogP contribution is -2.25. The van der Waals surface area contributed by atoms with Gasteiger partial charge in [0, 0.05) is 24.2 Å². The number of nitrogens with one attached hydrogen (secondary N) is 2. The van der Waals surface area contributed by atoms with Crippen LogP contribution in [-0.2, 0) is 6.54 Å². The summed E-state index contributed by atoms with van der Waals surface area (Å²) in [5.74, 6) is 0.393. The monoisotopic (exact) mass is 302 g/mol. The molecular weight excluding hydrogens is 283 g/mol. The van der Waals surface area contributed by atoms with Crippen LogP contribution in [0, 0.1) is 12.7 Å². The van der Waals surface area contributed by atoms with Gasteiger partial charge >= 0.3 is 0 Å². The quantitative estimate of drug-likeness (QED) is 0.891. The van der Waals surface area contributed by atoms with Gasteiger partial charge in [-0.05, 0) is 26.8 Å². The number of rotatable bonds is 5. The van der Waals surface area contributed by atoms with E-state index in [1.54, 1.807) is 31.2 Å². The summed E-state index contributed by atoms with van der Waals surface area (Å²) < 4.78 is 13.5. The first-order chi connectivity index (χ1) is 10.5. The van der Waals surface area contributed by atoms with E-state index in [-0.39, 0.29) is 30.0 Å². The minimum Gasteiger partial charge on any atom is -0.368 e. The Balaban J connectivity index is 2.09. The van der Waals surface area contributed by atoms with Crippen molar-refractivity contribution in [2.45, 2.75) is 33.4 Å². The minimum absolute atomic E-state index is 0.113. The van der Waals surface area contributed by atoms with Gasteiger partial charge < -0.3 is 10.6 Å². The van der Waals surface area contributed by atoms with Crippen LogP contribution in [0.4, 0.5) is 10.2 Å². The molecule has 1 aromatic carbocycles. The smallest absolute Gasteiger partial charge is 0.270 e. The second-order valence-electron chi connectivity index (χ2n) is 5.26. The van der Waals surface area contributed by atoms with Gasteiger partial charge in [0.1, 0.15) is 23.2 Å². The zero-order valence-electron chi connectivity index (χ0n) is 12.9. The van der Waals surface area contributed by atoms with Crippen LogP contribution < -0.4 is 10.6 Å². The van der Waals surface area contributed by atoms with Crippen molar-refractivity contribution in [1.82, 2.24) is 15.3 Å². The molecule has 1 amide bonds. The molecule has 2 aromatic rings. The Kier molecular flexibility index (Phi) is 5.04. The number of aromatic nitrogens is 2. The molecule has 2 N–H and O–H groups in total. The molecular formula is C16H19FN4O. The standard InChI is InChI=1S/C16H19FN4O/c1-10(2)19-15-8-14(20-11(3)21-15)16(22)18-9-12-6-4-5-7-13(12)17/h4-8,10H,9H2,1-3H3,(H,18,22)(H,19,20,21). The Hall–Kier alpha value is -2.50. The first-order valence-electron chi connectivity index (χ1n) is 7.09. The van der Waals surface area contributed by atoms with Crippen LogP contribution in [0.15, 0.2) is 30.3 Å². The molecule has 0 unspecified atom stereocenters. The summed E-state index contributed by atoms with van der Waals surface area (Å²) in [7, 11) is 0. The van der Waals surface area contributed by atoms with Crippen molar-refractivity contribution in [3.8, 4) is 0 Å². The van der Waals surface area contributed by atoms with E-state index in [0.29, 0.717) is 17.2 Å². The molecule has 6 heteroatoms. The molecule has 2 rings (SSSR count). The van der Waals surface area contributed by atoms with Gasteiger partial charge in [-0.2, -0.15) is 0 Å². The van der Waals surface area contributed by atoms with Crippen molar-refractivity contribution in [2.75, 3.05) is 5.32 Å². The van der Waals surface area contributed by atoms with E-state index in [1.165, 1.54) is 6.07 Å². The zero-order valence-corrected chi connectivity index (χ0v) is 12.9. The second kappa shape index (κ2) is 6.98. The molecule has 0 spiro atoms. The molecule has 0 saturated heterocycles. The molecule has 1 heterocycles. The van der Waals surface area contributed by atoms with Crippen molar-refractivity contribution >= 4 is 11.7 Å². The maximum atomic E-state index is 13.5. The lowest BCUT2D eigenvalue weighted by Gasteiger charge is -2.11. The molecule has 0 aliphatic carbocycles. The molecule has 0 fully saturated rings. The fraction of sp³-hybridized carbons (Fsp3) is 0.312. The third-order valence-corrected chi connectivity index (χ3v) is 2.90. The molecule has 1 aromatic heterocycles. The van der Waals surface area contributed by atoms with E-state index < -0.39 is 0 Å². The lowest BCUT2D eigenvalue weighted by atomic mass is 10.2. The maximum Gasteiger partial charge on any atom is 0.270 e. The van der Waals surface area contributed by atoms with E-state index in [0.717, 1.165) is 0 Å². The predicted molar refractivity (Wildman–Crippen MR) is 83.1 cm³/mol. The first-order valence-corrected chi connectivity index (χ1v) is 7.09. The zero-order chi connectivity index (χ0) is 16.1. The lowest BCUT2D eigenvalue weighted by molar-refractivity contribution is 0.0945. The molecule has 0 radical (unpaired) electrons. The van der Waals surface area contributed by atoms with Crippen LogP contribution >= 0.6 is 0 Å². The van der Waals surface area contributed by atoms with E-state index in [9.17, 15) is 9.18 Å². The highest BCUT2D eigenvalue weighted by molar-refractivity contribution is 5.92. The number of benzene rings is 1. The fourth-order valence-electron chi connectivity index (χ4n) is 1.96. The Morgan fingerprint density at radius 3 is 2.68 bits per heavy atom. The highest BCUT2D eigenvalue weighted by Crippen LogP contribution is 2.09. The van der Waals surface area contributed by atoms with E-state index >= 15 is 0 Å². The van der Waals surface area contributed by atoms with E-state index in [2.05, 4.69) is 20.6 Å². The molecule has 5 nitrogen and oxygen atoms in total. The van der Waals surface area contributed by atoms with Crippen molar-refractivity contribution in [3.05, 3.63) is 53.2 Å². The van der Waals surface area contributed by atoms with Gasteiger partial charge in [-0.3, -0.25) is 4.79 Å². The van der Waals surface area contributed by atoms with Gasteiger partial charge in [0.05, 0.1) is 0 Å². The van der Waals surface area contributed by atoms with Crippen LogP contribution in [0.25, 0.3) is 0 Å². The maximum absolute atomic E-state index is 13.5. The van der Waals surface area contributed by atoms with E-state index in [1.807, 2.05) is 13.8 Å². The molecule has 0 saturated carbocycles. The highest BCUT2D eigenvalue weighted by Gasteiger charge is 2.11. The van der Waals surface area contributed by atoms with Crippen molar-refractivity contribution in [2.24, 2.45) is 0 Å². The van der Waals surface area contributed by atoms with Crippen molar-refractivity contribution in [1.29, 1.82) is 0 Å². The topological polar surface area (TPSA) is 66.9 Å². The van der Waals surface area contributed by atoms with Gasteiger partial charge in [0.15, 0.2) is 0 Å². The highest BCUT2D eigenvalue weighted by atomic mass is 19.1. The number of carbonyl (C=O) groups excluding carboxylic acids is 1. The number of amides is 1. The number of anilines is 1. The molecule has 0 bridgehead atoms. The van der Waals surface area contributed by atoms with Crippen LogP contribution in [0.2, 0.25) is 0 Å². The van der Waals surface area contributed by atoms with Gasteiger partial charge in [-0.25, -0.2) is 14.4 Å². The van der Waals surface area contributed by atoms with Gasteiger partial charge in [0.25, 0.3) is 5.91 Å². The summed E-state index contributed by atoms with van der Waals surface area (Å²) in [4.78, 5) is 20.5. The molecule has 116 valence electrons.